The number of rotatable bonds is 8. The molecule has 0 aliphatic heterocycles. The molecule has 0 unspecified atom stereocenters. The van der Waals surface area contributed by atoms with Crippen LogP contribution in [0.15, 0.2) is 97.1 Å². The van der Waals surface area contributed by atoms with Gasteiger partial charge >= 0.3 is 0 Å². The average molecular weight is 627 g/mol. The van der Waals surface area contributed by atoms with Crippen LogP contribution in [0.4, 0.5) is 0 Å². The van der Waals surface area contributed by atoms with Crippen molar-refractivity contribution in [2.45, 2.75) is 21.4 Å². The number of hydrogen-bond donors (Lipinski definition) is 0. The standard InChI is InChI=1S/C15H10Cl4O.C15H12Cl2O/c16-14(17)11-5-1-9(2-6-11)13(20)10-3-7-12(8-4-10)15(18)19;16-9-11-1-5-13(6-2-11)15(18)14-7-3-12(10-17)4-8-14/h1-8,14-15H;1-8H,9-10H2. The average Bonchev–Trinajstić information content (AvgIpc) is 2.97. The second kappa shape index (κ2) is 14.9. The summed E-state index contributed by atoms with van der Waals surface area (Å²) in [7, 11) is 0. The van der Waals surface area contributed by atoms with Gasteiger partial charge in [-0.2, -0.15) is 0 Å². The molecule has 0 atom stereocenters. The number of alkyl halides is 6. The molecule has 196 valence electrons. The van der Waals surface area contributed by atoms with E-state index in [1.165, 1.54) is 0 Å². The first-order valence-corrected chi connectivity index (χ1v) is 14.2. The van der Waals surface area contributed by atoms with E-state index in [1.54, 1.807) is 72.8 Å². The zero-order valence-corrected chi connectivity index (χ0v) is 24.4. The van der Waals surface area contributed by atoms with Crippen LogP contribution in [0.25, 0.3) is 0 Å². The van der Waals surface area contributed by atoms with Crippen LogP contribution in [0.3, 0.4) is 0 Å². The van der Waals surface area contributed by atoms with Gasteiger partial charge in [0.2, 0.25) is 0 Å². The molecule has 0 amide bonds. The molecule has 0 spiro atoms. The first kappa shape index (κ1) is 30.5. The van der Waals surface area contributed by atoms with Gasteiger partial charge in [0.25, 0.3) is 0 Å². The first-order chi connectivity index (χ1) is 18.2. The quantitative estimate of drug-likeness (QED) is 0.144. The minimum atomic E-state index is -0.595. The maximum Gasteiger partial charge on any atom is 0.193 e. The van der Waals surface area contributed by atoms with Gasteiger partial charge in [-0.15, -0.1) is 69.6 Å². The highest BCUT2D eigenvalue weighted by molar-refractivity contribution is 6.44. The van der Waals surface area contributed by atoms with Crippen molar-refractivity contribution in [3.8, 4) is 0 Å². The Hall–Kier alpha value is -2.04. The second-order valence-electron chi connectivity index (χ2n) is 8.16. The minimum Gasteiger partial charge on any atom is -0.289 e. The molecular weight excluding hydrogens is 605 g/mol. The van der Waals surface area contributed by atoms with E-state index in [-0.39, 0.29) is 11.6 Å². The highest BCUT2D eigenvalue weighted by atomic mass is 35.5. The summed E-state index contributed by atoms with van der Waals surface area (Å²) in [6.07, 6.45) is 0. The van der Waals surface area contributed by atoms with Crippen molar-refractivity contribution in [2.24, 2.45) is 0 Å². The fourth-order valence-electron chi connectivity index (χ4n) is 3.38. The Morgan fingerprint density at radius 3 is 0.895 bits per heavy atom. The zero-order chi connectivity index (χ0) is 27.7. The Morgan fingerprint density at radius 1 is 0.447 bits per heavy atom. The molecule has 4 rings (SSSR count). The minimum absolute atomic E-state index is 0.0113. The van der Waals surface area contributed by atoms with Crippen molar-refractivity contribution in [1.29, 1.82) is 0 Å². The third-order valence-corrected chi connectivity index (χ3v) is 7.22. The Balaban J connectivity index is 0.000000212. The van der Waals surface area contributed by atoms with E-state index < -0.39 is 9.67 Å². The van der Waals surface area contributed by atoms with Crippen LogP contribution in [-0.2, 0) is 11.8 Å². The Labute approximate surface area is 252 Å². The third kappa shape index (κ3) is 8.48. The SMILES string of the molecule is O=C(c1ccc(C(Cl)Cl)cc1)c1ccc(C(Cl)Cl)cc1.O=C(c1ccc(CCl)cc1)c1ccc(CCl)cc1. The molecule has 0 heterocycles. The van der Waals surface area contributed by atoms with E-state index in [0.29, 0.717) is 34.0 Å². The molecule has 0 aromatic heterocycles. The van der Waals surface area contributed by atoms with Gasteiger partial charge in [0.1, 0.15) is 9.67 Å². The van der Waals surface area contributed by atoms with Crippen LogP contribution in [0.2, 0.25) is 0 Å². The molecule has 0 N–H and O–H groups in total. The smallest absolute Gasteiger partial charge is 0.193 e. The summed E-state index contributed by atoms with van der Waals surface area (Å²) in [5.74, 6) is 0.847. The van der Waals surface area contributed by atoms with Crippen LogP contribution in [0.1, 0.15) is 63.8 Å². The maximum absolute atomic E-state index is 12.3. The molecule has 4 aromatic rings. The van der Waals surface area contributed by atoms with Gasteiger partial charge in [-0.1, -0.05) is 97.1 Å². The lowest BCUT2D eigenvalue weighted by molar-refractivity contribution is 0.103. The maximum atomic E-state index is 12.3. The normalized spacial score (nSPS) is 10.7. The van der Waals surface area contributed by atoms with E-state index in [2.05, 4.69) is 0 Å². The second-order valence-corrected chi connectivity index (χ2v) is 10.9. The number of carbonyl (C=O) groups is 2. The molecule has 0 radical (unpaired) electrons. The number of halogens is 6. The first-order valence-electron chi connectivity index (χ1n) is 11.4. The van der Waals surface area contributed by atoms with Crippen LogP contribution >= 0.6 is 69.6 Å². The lowest BCUT2D eigenvalue weighted by Gasteiger charge is -2.06. The molecule has 8 heteroatoms. The third-order valence-electron chi connectivity index (χ3n) is 5.59. The monoisotopic (exact) mass is 624 g/mol. The molecule has 0 fully saturated rings. The van der Waals surface area contributed by atoms with Crippen LogP contribution in [0.5, 0.6) is 0 Å². The predicted molar refractivity (Wildman–Crippen MR) is 161 cm³/mol. The Morgan fingerprint density at radius 2 is 0.684 bits per heavy atom. The highest BCUT2D eigenvalue weighted by Gasteiger charge is 2.12. The summed E-state index contributed by atoms with van der Waals surface area (Å²) in [6, 6.07) is 28.4. The van der Waals surface area contributed by atoms with Crippen LogP contribution in [-0.4, -0.2) is 11.6 Å². The van der Waals surface area contributed by atoms with E-state index in [1.807, 2.05) is 24.3 Å². The van der Waals surface area contributed by atoms with E-state index >= 15 is 0 Å². The topological polar surface area (TPSA) is 34.1 Å². The van der Waals surface area contributed by atoms with Crippen molar-refractivity contribution < 1.29 is 9.59 Å². The largest absolute Gasteiger partial charge is 0.289 e. The molecule has 0 aliphatic carbocycles. The molecule has 0 bridgehead atoms. The summed E-state index contributed by atoms with van der Waals surface area (Å²) in [4.78, 5) is 23.3. The molecule has 4 aromatic carbocycles. The van der Waals surface area contributed by atoms with Crippen molar-refractivity contribution in [2.75, 3.05) is 0 Å². The van der Waals surface area contributed by atoms with Crippen molar-refractivity contribution in [3.63, 3.8) is 0 Å². The molecule has 0 saturated heterocycles. The number of hydrogen-bond acceptors (Lipinski definition) is 2. The zero-order valence-electron chi connectivity index (χ0n) is 19.9. The van der Waals surface area contributed by atoms with Crippen molar-refractivity contribution in [1.82, 2.24) is 0 Å². The highest BCUT2D eigenvalue weighted by Crippen LogP contribution is 2.27. The van der Waals surface area contributed by atoms with Gasteiger partial charge in [-0.25, -0.2) is 0 Å². The summed E-state index contributed by atoms with van der Waals surface area (Å²) in [6.45, 7) is 0. The van der Waals surface area contributed by atoms with Crippen LogP contribution < -0.4 is 0 Å². The van der Waals surface area contributed by atoms with Gasteiger partial charge in [-0.05, 0) is 22.3 Å². The van der Waals surface area contributed by atoms with E-state index in [4.69, 9.17) is 69.6 Å². The Kier molecular flexibility index (Phi) is 12.0. The number of ketones is 2. The number of carbonyl (C=O) groups excluding carboxylic acids is 2. The van der Waals surface area contributed by atoms with Gasteiger partial charge in [-0.3, -0.25) is 9.59 Å². The fourth-order valence-corrected chi connectivity index (χ4v) is 4.32. The van der Waals surface area contributed by atoms with Gasteiger partial charge < -0.3 is 0 Å². The number of benzene rings is 4. The molecule has 2 nitrogen and oxygen atoms in total. The van der Waals surface area contributed by atoms with Crippen molar-refractivity contribution >= 4 is 81.2 Å². The van der Waals surface area contributed by atoms with E-state index in [9.17, 15) is 9.59 Å². The predicted octanol–water partition coefficient (Wildman–Crippen LogP) is 10.3. The molecule has 0 saturated carbocycles. The summed E-state index contributed by atoms with van der Waals surface area (Å²) >= 11 is 34.4. The Bertz CT molecular complexity index is 1230. The lowest BCUT2D eigenvalue weighted by atomic mass is 10.0. The summed E-state index contributed by atoms with van der Waals surface area (Å²) in [5.41, 5.74) is 6.01. The van der Waals surface area contributed by atoms with E-state index in [0.717, 1.165) is 22.3 Å². The molecule has 38 heavy (non-hydrogen) atoms. The van der Waals surface area contributed by atoms with Gasteiger partial charge in [0.05, 0.1) is 0 Å². The molecular formula is C30H22Cl6O2. The summed E-state index contributed by atoms with van der Waals surface area (Å²) in [5, 5.41) is 0. The van der Waals surface area contributed by atoms with Gasteiger partial charge in [0.15, 0.2) is 11.6 Å². The van der Waals surface area contributed by atoms with Crippen LogP contribution in [0, 0.1) is 0 Å². The van der Waals surface area contributed by atoms with Crippen molar-refractivity contribution in [3.05, 3.63) is 142 Å². The molecule has 0 aliphatic rings. The summed E-state index contributed by atoms with van der Waals surface area (Å²) < 4.78 is 0. The van der Waals surface area contributed by atoms with Gasteiger partial charge in [0, 0.05) is 34.0 Å². The fraction of sp³-hybridized carbons (Fsp3) is 0.133. The lowest BCUT2D eigenvalue weighted by Crippen LogP contribution is -2.01.